The number of aromatic nitrogens is 2. The fourth-order valence-corrected chi connectivity index (χ4v) is 3.43. The van der Waals surface area contributed by atoms with Crippen LogP contribution in [0.5, 0.6) is 0 Å². The maximum absolute atomic E-state index is 11.7. The molecule has 0 aliphatic carbocycles. The van der Waals surface area contributed by atoms with E-state index < -0.39 is 5.60 Å². The van der Waals surface area contributed by atoms with Crippen LogP contribution in [0, 0.1) is 5.92 Å². The van der Waals surface area contributed by atoms with Crippen LogP contribution in [0.3, 0.4) is 0 Å². The zero-order chi connectivity index (χ0) is 19.3. The van der Waals surface area contributed by atoms with Gasteiger partial charge in [0.1, 0.15) is 5.60 Å². The van der Waals surface area contributed by atoms with Crippen LogP contribution in [-0.2, 0) is 16.0 Å². The van der Waals surface area contributed by atoms with E-state index in [4.69, 9.17) is 4.74 Å². The van der Waals surface area contributed by atoms with E-state index >= 15 is 0 Å². The Morgan fingerprint density at radius 3 is 3.00 bits per heavy atom. The zero-order valence-corrected chi connectivity index (χ0v) is 16.5. The minimum Gasteiger partial charge on any atom is -0.457 e. The summed E-state index contributed by atoms with van der Waals surface area (Å²) >= 11 is 0. The van der Waals surface area contributed by atoms with Crippen molar-refractivity contribution in [3.8, 4) is 0 Å². The molecule has 144 valence electrons. The number of carbonyl (C=O) groups excluding carboxylic acids is 1. The van der Waals surface area contributed by atoms with Crippen molar-refractivity contribution in [2.45, 2.75) is 45.6 Å². The van der Waals surface area contributed by atoms with Crippen LogP contribution < -0.4 is 0 Å². The van der Waals surface area contributed by atoms with E-state index in [-0.39, 0.29) is 5.97 Å². The second-order valence-electron chi connectivity index (χ2n) is 8.24. The highest BCUT2D eigenvalue weighted by molar-refractivity contribution is 5.82. The maximum Gasteiger partial charge on any atom is 0.330 e. The molecule has 1 atom stereocenters. The first kappa shape index (κ1) is 19.5. The molecule has 1 aliphatic heterocycles. The van der Waals surface area contributed by atoms with Gasteiger partial charge in [0, 0.05) is 36.4 Å². The van der Waals surface area contributed by atoms with Crippen molar-refractivity contribution in [3.05, 3.63) is 48.3 Å². The molecule has 0 aromatic carbocycles. The van der Waals surface area contributed by atoms with Crippen LogP contribution in [0.2, 0.25) is 0 Å². The molecular weight excluding hydrogens is 338 g/mol. The normalized spacial score (nSPS) is 18.4. The molecule has 1 fully saturated rings. The summed E-state index contributed by atoms with van der Waals surface area (Å²) in [6, 6.07) is 8.19. The molecule has 27 heavy (non-hydrogen) atoms. The molecule has 0 bridgehead atoms. The lowest BCUT2D eigenvalue weighted by Gasteiger charge is -2.18. The van der Waals surface area contributed by atoms with Crippen molar-refractivity contribution in [1.29, 1.82) is 0 Å². The molecule has 1 saturated heterocycles. The Balaban J connectivity index is 1.42. The Kier molecular flexibility index (Phi) is 6.22. The van der Waals surface area contributed by atoms with E-state index in [1.165, 1.54) is 6.42 Å². The quantitative estimate of drug-likeness (QED) is 0.574. The topological polar surface area (TPSA) is 55.3 Å². The summed E-state index contributed by atoms with van der Waals surface area (Å²) in [5, 5.41) is 1.09. The van der Waals surface area contributed by atoms with Crippen molar-refractivity contribution >= 4 is 17.0 Å². The lowest BCUT2D eigenvalue weighted by molar-refractivity contribution is -0.148. The molecule has 0 N–H and O–H groups in total. The predicted molar refractivity (Wildman–Crippen MR) is 107 cm³/mol. The molecule has 0 radical (unpaired) electrons. The number of aryl methyl sites for hydroxylation is 1. The van der Waals surface area contributed by atoms with E-state index in [1.54, 1.807) is 12.3 Å². The molecular formula is C22H29N3O2. The maximum atomic E-state index is 11.7. The Hall–Kier alpha value is -2.27. The number of nitrogens with zero attached hydrogens (tertiary/aromatic N) is 3. The average Bonchev–Trinajstić information content (AvgIpc) is 3.06. The van der Waals surface area contributed by atoms with Crippen molar-refractivity contribution < 1.29 is 9.53 Å². The first-order valence-electron chi connectivity index (χ1n) is 9.71. The molecule has 3 rings (SSSR count). The van der Waals surface area contributed by atoms with Gasteiger partial charge >= 0.3 is 5.97 Å². The Morgan fingerprint density at radius 2 is 2.19 bits per heavy atom. The van der Waals surface area contributed by atoms with E-state index in [1.807, 2.05) is 39.0 Å². The highest BCUT2D eigenvalue weighted by Gasteiger charge is 2.21. The number of rotatable bonds is 6. The van der Waals surface area contributed by atoms with Crippen molar-refractivity contribution in [2.75, 3.05) is 19.6 Å². The summed E-state index contributed by atoms with van der Waals surface area (Å²) in [5.41, 5.74) is 1.51. The van der Waals surface area contributed by atoms with Gasteiger partial charge < -0.3 is 4.74 Å². The fraction of sp³-hybridized carbons (Fsp3) is 0.500. The molecule has 1 unspecified atom stereocenters. The second-order valence-corrected chi connectivity index (χ2v) is 8.24. The lowest BCUT2D eigenvalue weighted by atomic mass is 10.0. The number of pyridine rings is 2. The lowest BCUT2D eigenvalue weighted by Crippen LogP contribution is -2.23. The van der Waals surface area contributed by atoms with Gasteiger partial charge in [0.15, 0.2) is 5.65 Å². The van der Waals surface area contributed by atoms with Crippen LogP contribution in [0.15, 0.2) is 42.6 Å². The van der Waals surface area contributed by atoms with E-state index in [9.17, 15) is 4.79 Å². The standard InChI is InChI=1S/C22H29N3O2/c1-22(2,3)27-20(26)7-5-14-25-15-12-17(16-25)8-10-19-11-9-18-6-4-13-23-21(18)24-19/h4-7,9,11,13,17H,8,10,12,14-16H2,1-3H3/b7-5+. The van der Waals surface area contributed by atoms with Crippen LogP contribution in [0.25, 0.3) is 11.0 Å². The van der Waals surface area contributed by atoms with Gasteiger partial charge in [0.05, 0.1) is 0 Å². The molecule has 2 aromatic heterocycles. The van der Waals surface area contributed by atoms with Gasteiger partial charge in [-0.1, -0.05) is 6.08 Å². The molecule has 5 nitrogen and oxygen atoms in total. The summed E-state index contributed by atoms with van der Waals surface area (Å²) in [7, 11) is 0. The molecule has 0 spiro atoms. The van der Waals surface area contributed by atoms with Gasteiger partial charge in [-0.2, -0.15) is 0 Å². The molecule has 3 heterocycles. The minimum atomic E-state index is -0.438. The third kappa shape index (κ3) is 6.14. The molecule has 0 amide bonds. The van der Waals surface area contributed by atoms with Crippen LogP contribution in [0.1, 0.15) is 39.3 Å². The third-order valence-corrected chi connectivity index (χ3v) is 4.72. The van der Waals surface area contributed by atoms with E-state index in [2.05, 4.69) is 27.0 Å². The SMILES string of the molecule is CC(C)(C)OC(=O)/C=C/CN1CCC(CCc2ccc3cccnc3n2)C1. The van der Waals surface area contributed by atoms with E-state index in [0.717, 1.165) is 49.2 Å². The van der Waals surface area contributed by atoms with Crippen molar-refractivity contribution in [2.24, 2.45) is 5.92 Å². The summed E-state index contributed by atoms with van der Waals surface area (Å²) in [4.78, 5) is 23.1. The molecule has 1 aliphatic rings. The second kappa shape index (κ2) is 8.61. The molecule has 0 saturated carbocycles. The predicted octanol–water partition coefficient (Wildman–Crippen LogP) is 3.78. The number of carbonyl (C=O) groups is 1. The number of hydrogen-bond acceptors (Lipinski definition) is 5. The van der Waals surface area contributed by atoms with Crippen LogP contribution in [0.4, 0.5) is 0 Å². The zero-order valence-electron chi connectivity index (χ0n) is 16.5. The molecule has 5 heteroatoms. The number of likely N-dealkylation sites (tertiary alicyclic amines) is 1. The highest BCUT2D eigenvalue weighted by Crippen LogP contribution is 2.21. The average molecular weight is 367 g/mol. The summed E-state index contributed by atoms with van der Waals surface area (Å²) in [6.45, 7) is 8.59. The Bertz CT molecular complexity index is 811. The van der Waals surface area contributed by atoms with Crippen molar-refractivity contribution in [3.63, 3.8) is 0 Å². The van der Waals surface area contributed by atoms with Crippen LogP contribution in [-0.4, -0.2) is 46.1 Å². The van der Waals surface area contributed by atoms with Gasteiger partial charge in [-0.15, -0.1) is 0 Å². The summed E-state index contributed by atoms with van der Waals surface area (Å²) in [5.74, 6) is 0.412. The largest absolute Gasteiger partial charge is 0.457 e. The van der Waals surface area contributed by atoms with Gasteiger partial charge in [0.25, 0.3) is 0 Å². The van der Waals surface area contributed by atoms with Crippen LogP contribution >= 0.6 is 0 Å². The Labute approximate surface area is 161 Å². The van der Waals surface area contributed by atoms with Gasteiger partial charge in [-0.3, -0.25) is 4.90 Å². The molecule has 2 aromatic rings. The summed E-state index contributed by atoms with van der Waals surface area (Å²) in [6.07, 6.45) is 8.57. The van der Waals surface area contributed by atoms with E-state index in [0.29, 0.717) is 5.92 Å². The fourth-order valence-electron chi connectivity index (χ4n) is 3.43. The number of hydrogen-bond donors (Lipinski definition) is 0. The minimum absolute atomic E-state index is 0.269. The number of fused-ring (bicyclic) bond motifs is 1. The third-order valence-electron chi connectivity index (χ3n) is 4.72. The monoisotopic (exact) mass is 367 g/mol. The summed E-state index contributed by atoms with van der Waals surface area (Å²) < 4.78 is 5.29. The number of ether oxygens (including phenoxy) is 1. The van der Waals surface area contributed by atoms with Gasteiger partial charge in [-0.25, -0.2) is 14.8 Å². The smallest absolute Gasteiger partial charge is 0.330 e. The first-order chi connectivity index (χ1) is 12.9. The Morgan fingerprint density at radius 1 is 1.33 bits per heavy atom. The number of esters is 1. The highest BCUT2D eigenvalue weighted by atomic mass is 16.6. The van der Waals surface area contributed by atoms with Gasteiger partial charge in [0.2, 0.25) is 0 Å². The van der Waals surface area contributed by atoms with Crippen molar-refractivity contribution in [1.82, 2.24) is 14.9 Å². The first-order valence-corrected chi connectivity index (χ1v) is 9.71. The van der Waals surface area contributed by atoms with Gasteiger partial charge in [-0.05, 0) is 76.8 Å².